The summed E-state index contributed by atoms with van der Waals surface area (Å²) in [5, 5.41) is 0. The molecule has 2 aromatic carbocycles. The molecule has 2 rings (SSSR count). The van der Waals surface area contributed by atoms with Crippen molar-refractivity contribution in [1.82, 2.24) is 0 Å². The van der Waals surface area contributed by atoms with Crippen LogP contribution < -0.4 is 5.73 Å². The molecule has 3 heteroatoms. The number of nitrogen functional groups attached to an aromatic ring is 1. The van der Waals surface area contributed by atoms with E-state index in [1.165, 1.54) is 6.07 Å². The Morgan fingerprint density at radius 1 is 1.17 bits per heavy atom. The summed E-state index contributed by atoms with van der Waals surface area (Å²) in [4.78, 5) is 0. The van der Waals surface area contributed by atoms with Crippen LogP contribution in [-0.2, 0) is 11.3 Å². The Balaban J connectivity index is 1.97. The lowest BCUT2D eigenvalue weighted by Gasteiger charge is -2.13. The lowest BCUT2D eigenvalue weighted by atomic mass is 10.1. The third-order valence-corrected chi connectivity index (χ3v) is 2.83. The highest BCUT2D eigenvalue weighted by Crippen LogP contribution is 2.19. The van der Waals surface area contributed by atoms with Gasteiger partial charge in [-0.1, -0.05) is 36.4 Å². The van der Waals surface area contributed by atoms with Crippen LogP contribution in [0.1, 0.15) is 24.2 Å². The van der Waals surface area contributed by atoms with Gasteiger partial charge in [0.1, 0.15) is 5.82 Å². The second-order valence-corrected chi connectivity index (χ2v) is 4.22. The summed E-state index contributed by atoms with van der Waals surface area (Å²) < 4.78 is 18.9. The molecular weight excluding hydrogens is 229 g/mol. The summed E-state index contributed by atoms with van der Waals surface area (Å²) in [6.45, 7) is 2.34. The van der Waals surface area contributed by atoms with Gasteiger partial charge in [0.05, 0.1) is 18.4 Å². The molecule has 0 aliphatic carbocycles. The lowest BCUT2D eigenvalue weighted by Crippen LogP contribution is -2.01. The van der Waals surface area contributed by atoms with Crippen LogP contribution >= 0.6 is 0 Å². The predicted octanol–water partition coefficient (Wildman–Crippen LogP) is 3.69. The number of benzene rings is 2. The molecule has 0 spiro atoms. The SMILES string of the molecule is CC(OCc1ccc(N)c(F)c1)c1ccccc1. The van der Waals surface area contributed by atoms with Gasteiger partial charge in [0.2, 0.25) is 0 Å². The van der Waals surface area contributed by atoms with Crippen LogP contribution in [0.5, 0.6) is 0 Å². The number of hydrogen-bond acceptors (Lipinski definition) is 2. The van der Waals surface area contributed by atoms with Gasteiger partial charge < -0.3 is 10.5 Å². The van der Waals surface area contributed by atoms with E-state index in [4.69, 9.17) is 10.5 Å². The number of ether oxygens (including phenoxy) is 1. The van der Waals surface area contributed by atoms with E-state index in [0.717, 1.165) is 11.1 Å². The maximum absolute atomic E-state index is 13.2. The molecule has 2 N–H and O–H groups in total. The zero-order valence-electron chi connectivity index (χ0n) is 10.3. The summed E-state index contributed by atoms with van der Waals surface area (Å²) in [5.41, 5.74) is 7.47. The molecule has 94 valence electrons. The van der Waals surface area contributed by atoms with Crippen LogP contribution in [0.25, 0.3) is 0 Å². The van der Waals surface area contributed by atoms with Crippen molar-refractivity contribution in [3.63, 3.8) is 0 Å². The number of nitrogens with two attached hydrogens (primary N) is 1. The number of rotatable bonds is 4. The Kier molecular flexibility index (Phi) is 3.95. The molecule has 2 nitrogen and oxygen atoms in total. The van der Waals surface area contributed by atoms with Crippen molar-refractivity contribution in [2.24, 2.45) is 0 Å². The minimum Gasteiger partial charge on any atom is -0.396 e. The highest BCUT2D eigenvalue weighted by Gasteiger charge is 2.06. The molecule has 0 bridgehead atoms. The number of halogens is 1. The van der Waals surface area contributed by atoms with E-state index in [1.54, 1.807) is 12.1 Å². The van der Waals surface area contributed by atoms with Gasteiger partial charge in [0.25, 0.3) is 0 Å². The fraction of sp³-hybridized carbons (Fsp3) is 0.200. The second kappa shape index (κ2) is 5.65. The summed E-state index contributed by atoms with van der Waals surface area (Å²) in [7, 11) is 0. The predicted molar refractivity (Wildman–Crippen MR) is 70.5 cm³/mol. The van der Waals surface area contributed by atoms with Gasteiger partial charge in [-0.3, -0.25) is 0 Å². The minimum absolute atomic E-state index is 0.0215. The van der Waals surface area contributed by atoms with Crippen LogP contribution in [0.3, 0.4) is 0 Å². The fourth-order valence-corrected chi connectivity index (χ4v) is 1.70. The Hall–Kier alpha value is -1.87. The third kappa shape index (κ3) is 3.08. The minimum atomic E-state index is -0.400. The number of anilines is 1. The highest BCUT2D eigenvalue weighted by atomic mass is 19.1. The smallest absolute Gasteiger partial charge is 0.146 e. The first-order valence-corrected chi connectivity index (χ1v) is 5.87. The van der Waals surface area contributed by atoms with E-state index < -0.39 is 5.82 Å². The van der Waals surface area contributed by atoms with E-state index in [0.29, 0.717) is 6.61 Å². The molecule has 0 saturated heterocycles. The zero-order chi connectivity index (χ0) is 13.0. The first-order valence-electron chi connectivity index (χ1n) is 5.87. The van der Waals surface area contributed by atoms with E-state index in [1.807, 2.05) is 37.3 Å². The van der Waals surface area contributed by atoms with Gasteiger partial charge in [-0.15, -0.1) is 0 Å². The fourth-order valence-electron chi connectivity index (χ4n) is 1.70. The van der Waals surface area contributed by atoms with Gasteiger partial charge in [-0.25, -0.2) is 4.39 Å². The molecule has 1 atom stereocenters. The standard InChI is InChI=1S/C15H16FNO/c1-11(13-5-3-2-4-6-13)18-10-12-7-8-15(17)14(16)9-12/h2-9,11H,10,17H2,1H3. The lowest BCUT2D eigenvalue weighted by molar-refractivity contribution is 0.0524. The normalized spacial score (nSPS) is 12.3. The van der Waals surface area contributed by atoms with Crippen molar-refractivity contribution in [2.45, 2.75) is 19.6 Å². The van der Waals surface area contributed by atoms with Crippen molar-refractivity contribution < 1.29 is 9.13 Å². The van der Waals surface area contributed by atoms with E-state index >= 15 is 0 Å². The van der Waals surface area contributed by atoms with Gasteiger partial charge >= 0.3 is 0 Å². The molecule has 0 aromatic heterocycles. The average Bonchev–Trinajstić information content (AvgIpc) is 2.41. The molecule has 0 radical (unpaired) electrons. The van der Waals surface area contributed by atoms with Gasteiger partial charge in [-0.05, 0) is 30.2 Å². The van der Waals surface area contributed by atoms with Crippen LogP contribution in [-0.4, -0.2) is 0 Å². The van der Waals surface area contributed by atoms with Gasteiger partial charge in [-0.2, -0.15) is 0 Å². The molecule has 0 aliphatic heterocycles. The molecule has 0 aliphatic rings. The quantitative estimate of drug-likeness (QED) is 0.834. The summed E-state index contributed by atoms with van der Waals surface area (Å²) in [6.07, 6.45) is -0.0215. The molecular formula is C15H16FNO. The largest absolute Gasteiger partial charge is 0.396 e. The first-order chi connectivity index (χ1) is 8.66. The van der Waals surface area contributed by atoms with Crippen molar-refractivity contribution >= 4 is 5.69 Å². The zero-order valence-corrected chi connectivity index (χ0v) is 10.3. The van der Waals surface area contributed by atoms with Crippen LogP contribution in [0.4, 0.5) is 10.1 Å². The summed E-state index contributed by atoms with van der Waals surface area (Å²) in [6, 6.07) is 14.7. The Morgan fingerprint density at radius 2 is 1.89 bits per heavy atom. The van der Waals surface area contributed by atoms with Crippen LogP contribution in [0.2, 0.25) is 0 Å². The monoisotopic (exact) mass is 245 g/mol. The van der Waals surface area contributed by atoms with Crippen molar-refractivity contribution in [1.29, 1.82) is 0 Å². The third-order valence-electron chi connectivity index (χ3n) is 2.83. The number of hydrogen-bond donors (Lipinski definition) is 1. The Bertz CT molecular complexity index is 513. The molecule has 2 aromatic rings. The topological polar surface area (TPSA) is 35.2 Å². The van der Waals surface area contributed by atoms with Crippen molar-refractivity contribution in [2.75, 3.05) is 5.73 Å². The molecule has 18 heavy (non-hydrogen) atoms. The van der Waals surface area contributed by atoms with Gasteiger partial charge in [0.15, 0.2) is 0 Å². The van der Waals surface area contributed by atoms with Crippen LogP contribution in [0, 0.1) is 5.82 Å². The summed E-state index contributed by atoms with van der Waals surface area (Å²) in [5.74, 6) is -0.400. The Morgan fingerprint density at radius 3 is 2.56 bits per heavy atom. The summed E-state index contributed by atoms with van der Waals surface area (Å²) >= 11 is 0. The van der Waals surface area contributed by atoms with E-state index in [2.05, 4.69) is 0 Å². The Labute approximate surface area is 106 Å². The molecule has 0 amide bonds. The molecule has 1 unspecified atom stereocenters. The van der Waals surface area contributed by atoms with Crippen LogP contribution in [0.15, 0.2) is 48.5 Å². The van der Waals surface area contributed by atoms with Crippen molar-refractivity contribution in [3.05, 3.63) is 65.5 Å². The van der Waals surface area contributed by atoms with Crippen molar-refractivity contribution in [3.8, 4) is 0 Å². The molecule has 0 fully saturated rings. The maximum Gasteiger partial charge on any atom is 0.146 e. The van der Waals surface area contributed by atoms with E-state index in [-0.39, 0.29) is 11.8 Å². The highest BCUT2D eigenvalue weighted by molar-refractivity contribution is 5.41. The van der Waals surface area contributed by atoms with E-state index in [9.17, 15) is 4.39 Å². The molecule has 0 saturated carbocycles. The van der Waals surface area contributed by atoms with Gasteiger partial charge in [0, 0.05) is 0 Å². The second-order valence-electron chi connectivity index (χ2n) is 4.22. The maximum atomic E-state index is 13.2. The average molecular weight is 245 g/mol. The molecule has 0 heterocycles. The first kappa shape index (κ1) is 12.6.